The lowest BCUT2D eigenvalue weighted by Gasteiger charge is -2.12. The van der Waals surface area contributed by atoms with Crippen molar-refractivity contribution in [2.24, 2.45) is 0 Å². The molecule has 0 heterocycles. The zero-order chi connectivity index (χ0) is 19.2. The Kier molecular flexibility index (Phi) is 5.51. The molecule has 2 N–H and O–H groups in total. The number of nitro benzene ring substituents is 1. The van der Waals surface area contributed by atoms with E-state index in [0.717, 1.165) is 16.5 Å². The van der Waals surface area contributed by atoms with Crippen LogP contribution in [-0.4, -0.2) is 31.0 Å². The van der Waals surface area contributed by atoms with E-state index in [9.17, 15) is 14.9 Å². The minimum Gasteiger partial charge on any atom is -0.496 e. The third kappa shape index (κ3) is 4.33. The summed E-state index contributed by atoms with van der Waals surface area (Å²) in [6.45, 7) is 0.880. The third-order valence-electron chi connectivity index (χ3n) is 4.13. The number of carbonyl (C=O) groups excluding carboxylic acids is 1. The Morgan fingerprint density at radius 2 is 1.70 bits per heavy atom. The quantitative estimate of drug-likeness (QED) is 0.379. The molecule has 3 aromatic rings. The van der Waals surface area contributed by atoms with Gasteiger partial charge in [-0.05, 0) is 35.0 Å². The van der Waals surface area contributed by atoms with E-state index in [2.05, 4.69) is 10.6 Å². The van der Waals surface area contributed by atoms with Gasteiger partial charge in [0.1, 0.15) is 5.75 Å². The summed E-state index contributed by atoms with van der Waals surface area (Å²) in [5, 5.41) is 18.6. The van der Waals surface area contributed by atoms with Gasteiger partial charge in [0.2, 0.25) is 0 Å². The fourth-order valence-electron chi connectivity index (χ4n) is 2.74. The van der Waals surface area contributed by atoms with Crippen LogP contribution in [0, 0.1) is 10.1 Å². The molecule has 0 aliphatic heterocycles. The molecular formula is C20H19N3O4. The van der Waals surface area contributed by atoms with Gasteiger partial charge in [0.25, 0.3) is 11.6 Å². The van der Waals surface area contributed by atoms with Crippen LogP contribution in [0.25, 0.3) is 10.8 Å². The number of anilines is 1. The van der Waals surface area contributed by atoms with Gasteiger partial charge in [0.05, 0.1) is 17.6 Å². The molecule has 0 atom stereocenters. The summed E-state index contributed by atoms with van der Waals surface area (Å²) in [4.78, 5) is 22.7. The van der Waals surface area contributed by atoms with Crippen molar-refractivity contribution in [3.8, 4) is 5.75 Å². The molecule has 0 aromatic heterocycles. The smallest absolute Gasteiger partial charge is 0.269 e. The number of methoxy groups -OCH3 is 1. The number of nitrogens with one attached hydrogen (secondary N) is 2. The molecule has 0 spiro atoms. The number of ether oxygens (including phenoxy) is 1. The number of nitro groups is 1. The van der Waals surface area contributed by atoms with Crippen LogP contribution in [0.5, 0.6) is 5.75 Å². The van der Waals surface area contributed by atoms with Gasteiger partial charge in [-0.1, -0.05) is 24.3 Å². The van der Waals surface area contributed by atoms with Gasteiger partial charge >= 0.3 is 0 Å². The third-order valence-corrected chi connectivity index (χ3v) is 4.13. The van der Waals surface area contributed by atoms with E-state index in [-0.39, 0.29) is 11.6 Å². The molecule has 3 rings (SSSR count). The standard InChI is InChI=1S/C20H19N3O4/c1-27-19-13-15-5-3-2-4-14(15)12-18(19)20(24)22-11-10-21-16-6-8-17(9-7-16)23(25)26/h2-9,12-13,21H,10-11H2,1H3,(H,22,24). The monoisotopic (exact) mass is 365 g/mol. The van der Waals surface area contributed by atoms with E-state index < -0.39 is 4.92 Å². The number of benzene rings is 3. The molecule has 1 amide bonds. The summed E-state index contributed by atoms with van der Waals surface area (Å²) in [6, 6.07) is 17.6. The van der Waals surface area contributed by atoms with Crippen LogP contribution >= 0.6 is 0 Å². The molecule has 138 valence electrons. The second kappa shape index (κ2) is 8.18. The summed E-state index contributed by atoms with van der Waals surface area (Å²) in [7, 11) is 1.54. The van der Waals surface area contributed by atoms with Gasteiger partial charge in [0, 0.05) is 30.9 Å². The van der Waals surface area contributed by atoms with Crippen LogP contribution in [0.4, 0.5) is 11.4 Å². The fourth-order valence-corrected chi connectivity index (χ4v) is 2.74. The zero-order valence-electron chi connectivity index (χ0n) is 14.8. The highest BCUT2D eigenvalue weighted by Crippen LogP contribution is 2.25. The van der Waals surface area contributed by atoms with Gasteiger partial charge in [-0.25, -0.2) is 0 Å². The molecule has 0 unspecified atom stereocenters. The number of rotatable bonds is 7. The van der Waals surface area contributed by atoms with Gasteiger partial charge in [-0.15, -0.1) is 0 Å². The summed E-state index contributed by atoms with van der Waals surface area (Å²) < 4.78 is 5.35. The summed E-state index contributed by atoms with van der Waals surface area (Å²) >= 11 is 0. The summed E-state index contributed by atoms with van der Waals surface area (Å²) in [6.07, 6.45) is 0. The molecule has 3 aromatic carbocycles. The SMILES string of the molecule is COc1cc2ccccc2cc1C(=O)NCCNc1ccc([N+](=O)[O-])cc1. The Morgan fingerprint density at radius 3 is 2.33 bits per heavy atom. The van der Waals surface area contributed by atoms with Crippen molar-refractivity contribution >= 4 is 28.1 Å². The lowest BCUT2D eigenvalue weighted by Crippen LogP contribution is -2.29. The van der Waals surface area contributed by atoms with Gasteiger partial charge in [-0.2, -0.15) is 0 Å². The van der Waals surface area contributed by atoms with Crippen LogP contribution in [0.15, 0.2) is 60.7 Å². The van der Waals surface area contributed by atoms with Crippen LogP contribution in [-0.2, 0) is 0 Å². The fraction of sp³-hybridized carbons (Fsp3) is 0.150. The van der Waals surface area contributed by atoms with Gasteiger partial charge in [0.15, 0.2) is 0 Å². The molecular weight excluding hydrogens is 346 g/mol. The number of fused-ring (bicyclic) bond motifs is 1. The topological polar surface area (TPSA) is 93.5 Å². The first-order valence-corrected chi connectivity index (χ1v) is 8.42. The minimum absolute atomic E-state index is 0.0391. The van der Waals surface area contributed by atoms with Crippen LogP contribution in [0.2, 0.25) is 0 Å². The van der Waals surface area contributed by atoms with E-state index in [1.54, 1.807) is 12.1 Å². The average Bonchev–Trinajstić information content (AvgIpc) is 2.70. The highest BCUT2D eigenvalue weighted by molar-refractivity contribution is 6.01. The maximum Gasteiger partial charge on any atom is 0.269 e. The lowest BCUT2D eigenvalue weighted by molar-refractivity contribution is -0.384. The second-order valence-electron chi connectivity index (χ2n) is 5.89. The Bertz CT molecular complexity index is 971. The largest absolute Gasteiger partial charge is 0.496 e. The van der Waals surface area contributed by atoms with E-state index in [4.69, 9.17) is 4.74 Å². The number of nitrogens with zero attached hydrogens (tertiary/aromatic N) is 1. The Hall–Kier alpha value is -3.61. The first-order chi connectivity index (χ1) is 13.1. The van der Waals surface area contributed by atoms with E-state index in [0.29, 0.717) is 24.4 Å². The van der Waals surface area contributed by atoms with Crippen molar-refractivity contribution in [3.05, 3.63) is 76.3 Å². The number of carbonyl (C=O) groups is 1. The molecule has 0 fully saturated rings. The normalized spacial score (nSPS) is 10.4. The molecule has 0 saturated heterocycles. The second-order valence-corrected chi connectivity index (χ2v) is 5.89. The molecule has 0 saturated carbocycles. The molecule has 7 heteroatoms. The minimum atomic E-state index is -0.444. The molecule has 7 nitrogen and oxygen atoms in total. The van der Waals surface area contributed by atoms with Crippen molar-refractivity contribution in [2.75, 3.05) is 25.5 Å². The van der Waals surface area contributed by atoms with Crippen molar-refractivity contribution in [1.82, 2.24) is 5.32 Å². The van der Waals surface area contributed by atoms with Crippen molar-refractivity contribution in [1.29, 1.82) is 0 Å². The predicted octanol–water partition coefficient (Wildman–Crippen LogP) is 3.60. The summed E-state index contributed by atoms with van der Waals surface area (Å²) in [5.74, 6) is 0.303. The maximum atomic E-state index is 12.5. The highest BCUT2D eigenvalue weighted by atomic mass is 16.6. The number of hydrogen-bond donors (Lipinski definition) is 2. The first kappa shape index (κ1) is 18.2. The number of hydrogen-bond acceptors (Lipinski definition) is 5. The van der Waals surface area contributed by atoms with Gasteiger partial charge < -0.3 is 15.4 Å². The van der Waals surface area contributed by atoms with E-state index in [1.807, 2.05) is 36.4 Å². The van der Waals surface area contributed by atoms with E-state index >= 15 is 0 Å². The highest BCUT2D eigenvalue weighted by Gasteiger charge is 2.13. The van der Waals surface area contributed by atoms with Crippen LogP contribution in [0.3, 0.4) is 0 Å². The molecule has 0 aliphatic carbocycles. The average molecular weight is 365 g/mol. The van der Waals surface area contributed by atoms with Gasteiger partial charge in [-0.3, -0.25) is 14.9 Å². The zero-order valence-corrected chi connectivity index (χ0v) is 14.8. The number of non-ortho nitro benzene ring substituents is 1. The Balaban J connectivity index is 1.59. The van der Waals surface area contributed by atoms with Crippen molar-refractivity contribution in [2.45, 2.75) is 0 Å². The molecule has 0 bridgehead atoms. The molecule has 0 radical (unpaired) electrons. The first-order valence-electron chi connectivity index (χ1n) is 8.42. The number of amides is 1. The lowest BCUT2D eigenvalue weighted by atomic mass is 10.1. The van der Waals surface area contributed by atoms with Crippen LogP contribution < -0.4 is 15.4 Å². The Labute approximate surface area is 156 Å². The predicted molar refractivity (Wildman–Crippen MR) is 104 cm³/mol. The Morgan fingerprint density at radius 1 is 1.04 bits per heavy atom. The van der Waals surface area contributed by atoms with E-state index in [1.165, 1.54) is 19.2 Å². The van der Waals surface area contributed by atoms with Crippen molar-refractivity contribution < 1.29 is 14.5 Å². The maximum absolute atomic E-state index is 12.5. The molecule has 0 aliphatic rings. The van der Waals surface area contributed by atoms with Crippen molar-refractivity contribution in [3.63, 3.8) is 0 Å². The molecule has 27 heavy (non-hydrogen) atoms. The van der Waals surface area contributed by atoms with Crippen LogP contribution in [0.1, 0.15) is 10.4 Å². The summed E-state index contributed by atoms with van der Waals surface area (Å²) in [5.41, 5.74) is 1.27.